The smallest absolute Gasteiger partial charge is 0.135 e. The minimum Gasteiger partial charge on any atom is -0.206 e. The van der Waals surface area contributed by atoms with E-state index < -0.39 is 0 Å². The molecule has 1 aromatic heterocycles. The molecule has 68 valence electrons. The highest BCUT2D eigenvalue weighted by Gasteiger charge is 2.09. The molecule has 1 aromatic carbocycles. The van der Waals surface area contributed by atoms with Crippen molar-refractivity contribution in [2.45, 2.75) is 20.8 Å². The van der Waals surface area contributed by atoms with E-state index in [1.54, 1.807) is 11.3 Å². The van der Waals surface area contributed by atoms with Crippen LogP contribution in [0.1, 0.15) is 16.0 Å². The lowest BCUT2D eigenvalue weighted by atomic mass is 10.1. The van der Waals surface area contributed by atoms with Crippen molar-refractivity contribution < 1.29 is 4.39 Å². The fourth-order valence-electron chi connectivity index (χ4n) is 1.49. The number of fused-ring (bicyclic) bond motifs is 1. The minimum atomic E-state index is -0.0562. The first-order valence-corrected chi connectivity index (χ1v) is 5.07. The van der Waals surface area contributed by atoms with E-state index in [1.165, 1.54) is 4.88 Å². The molecular weight excluding hydrogens is 183 g/mol. The largest absolute Gasteiger partial charge is 0.206 e. The van der Waals surface area contributed by atoms with Crippen LogP contribution in [0.25, 0.3) is 10.1 Å². The standard InChI is InChI=1S/C11H11FS/c1-6-4-10-9(5-7(2)13-10)11(12)8(6)3/h4-5H,1-3H3. The van der Waals surface area contributed by atoms with Crippen LogP contribution < -0.4 is 0 Å². The van der Waals surface area contributed by atoms with Crippen LogP contribution in [-0.2, 0) is 0 Å². The van der Waals surface area contributed by atoms with Gasteiger partial charge < -0.3 is 0 Å². The van der Waals surface area contributed by atoms with Crippen LogP contribution in [0, 0.1) is 26.6 Å². The highest BCUT2D eigenvalue weighted by molar-refractivity contribution is 7.19. The SMILES string of the molecule is Cc1cc2c(F)c(C)c(C)cc2s1. The third kappa shape index (κ3) is 1.25. The Labute approximate surface area is 81.0 Å². The topological polar surface area (TPSA) is 0 Å². The lowest BCUT2D eigenvalue weighted by Gasteiger charge is -2.01. The average molecular weight is 194 g/mol. The molecule has 0 nitrogen and oxygen atoms in total. The third-order valence-electron chi connectivity index (χ3n) is 2.39. The van der Waals surface area contributed by atoms with Crippen molar-refractivity contribution in [3.8, 4) is 0 Å². The van der Waals surface area contributed by atoms with E-state index in [0.717, 1.165) is 21.2 Å². The van der Waals surface area contributed by atoms with Gasteiger partial charge in [-0.3, -0.25) is 0 Å². The van der Waals surface area contributed by atoms with Crippen molar-refractivity contribution in [2.75, 3.05) is 0 Å². The maximum atomic E-state index is 13.7. The summed E-state index contributed by atoms with van der Waals surface area (Å²) in [6.07, 6.45) is 0. The minimum absolute atomic E-state index is 0.0562. The van der Waals surface area contributed by atoms with E-state index in [-0.39, 0.29) is 5.82 Å². The summed E-state index contributed by atoms with van der Waals surface area (Å²) < 4.78 is 14.7. The third-order valence-corrected chi connectivity index (χ3v) is 3.39. The van der Waals surface area contributed by atoms with Gasteiger partial charge in [-0.05, 0) is 44.0 Å². The van der Waals surface area contributed by atoms with Crippen molar-refractivity contribution in [1.82, 2.24) is 0 Å². The maximum absolute atomic E-state index is 13.7. The lowest BCUT2D eigenvalue weighted by molar-refractivity contribution is 0.629. The Morgan fingerprint density at radius 2 is 1.85 bits per heavy atom. The Bertz CT molecular complexity index is 468. The number of hydrogen-bond donors (Lipinski definition) is 0. The molecule has 0 bridgehead atoms. The normalized spacial score (nSPS) is 11.1. The number of aryl methyl sites for hydroxylation is 2. The number of rotatable bonds is 0. The molecule has 0 unspecified atom stereocenters. The monoisotopic (exact) mass is 194 g/mol. The molecule has 0 amide bonds. The first kappa shape index (κ1) is 8.70. The summed E-state index contributed by atoms with van der Waals surface area (Å²) in [6, 6.07) is 3.98. The van der Waals surface area contributed by atoms with E-state index in [9.17, 15) is 4.39 Å². The predicted molar refractivity (Wildman–Crippen MR) is 56.0 cm³/mol. The molecule has 1 heterocycles. The fraction of sp³-hybridized carbons (Fsp3) is 0.273. The van der Waals surface area contributed by atoms with Gasteiger partial charge in [0, 0.05) is 15.0 Å². The number of hydrogen-bond acceptors (Lipinski definition) is 1. The molecule has 2 heteroatoms. The van der Waals surface area contributed by atoms with Gasteiger partial charge in [-0.2, -0.15) is 0 Å². The van der Waals surface area contributed by atoms with Crippen LogP contribution in [0.4, 0.5) is 4.39 Å². The molecule has 0 N–H and O–H groups in total. The highest BCUT2D eigenvalue weighted by Crippen LogP contribution is 2.30. The molecule has 0 fully saturated rings. The summed E-state index contributed by atoms with van der Waals surface area (Å²) >= 11 is 1.65. The van der Waals surface area contributed by atoms with Gasteiger partial charge in [0.05, 0.1) is 0 Å². The van der Waals surface area contributed by atoms with Crippen LogP contribution in [0.2, 0.25) is 0 Å². The van der Waals surface area contributed by atoms with Gasteiger partial charge in [0.2, 0.25) is 0 Å². The quantitative estimate of drug-likeness (QED) is 0.595. The molecule has 0 saturated heterocycles. The summed E-state index contributed by atoms with van der Waals surface area (Å²) in [5.41, 5.74) is 1.80. The van der Waals surface area contributed by atoms with Crippen molar-refractivity contribution in [2.24, 2.45) is 0 Å². The van der Waals surface area contributed by atoms with E-state index >= 15 is 0 Å². The van der Waals surface area contributed by atoms with Crippen LogP contribution in [0.3, 0.4) is 0 Å². The second-order valence-corrected chi connectivity index (χ2v) is 4.69. The molecule has 0 aliphatic heterocycles. The predicted octanol–water partition coefficient (Wildman–Crippen LogP) is 3.97. The zero-order chi connectivity index (χ0) is 9.59. The molecule has 0 aliphatic rings. The Morgan fingerprint density at radius 1 is 1.15 bits per heavy atom. The fourth-order valence-corrected chi connectivity index (χ4v) is 2.51. The van der Waals surface area contributed by atoms with E-state index in [1.807, 2.05) is 26.8 Å². The van der Waals surface area contributed by atoms with Crippen molar-refractivity contribution in [1.29, 1.82) is 0 Å². The zero-order valence-corrected chi connectivity index (χ0v) is 8.76. The first-order valence-electron chi connectivity index (χ1n) is 4.25. The summed E-state index contributed by atoms with van der Waals surface area (Å²) in [5, 5.41) is 0.769. The molecule has 0 radical (unpaired) electrons. The molecule has 2 rings (SSSR count). The highest BCUT2D eigenvalue weighted by atomic mass is 32.1. The molecule has 0 spiro atoms. The summed E-state index contributed by atoms with van der Waals surface area (Å²) in [6.45, 7) is 5.79. The van der Waals surface area contributed by atoms with E-state index in [4.69, 9.17) is 0 Å². The Kier molecular flexibility index (Phi) is 1.88. The van der Waals surface area contributed by atoms with Crippen LogP contribution >= 0.6 is 11.3 Å². The molecule has 13 heavy (non-hydrogen) atoms. The Balaban J connectivity index is 2.92. The van der Waals surface area contributed by atoms with Gasteiger partial charge >= 0.3 is 0 Å². The maximum Gasteiger partial charge on any atom is 0.135 e. The first-order chi connectivity index (χ1) is 6.09. The van der Waals surface area contributed by atoms with E-state index in [0.29, 0.717) is 0 Å². The molecule has 0 atom stereocenters. The average Bonchev–Trinajstić information content (AvgIpc) is 2.42. The van der Waals surface area contributed by atoms with Gasteiger partial charge in [-0.15, -0.1) is 11.3 Å². The molecule has 2 aromatic rings. The molecule has 0 saturated carbocycles. The van der Waals surface area contributed by atoms with Gasteiger partial charge in [-0.25, -0.2) is 4.39 Å². The second kappa shape index (κ2) is 2.81. The molecular formula is C11H11FS. The Morgan fingerprint density at radius 3 is 2.54 bits per heavy atom. The van der Waals surface area contributed by atoms with Crippen LogP contribution in [-0.4, -0.2) is 0 Å². The molecule has 0 aliphatic carbocycles. The van der Waals surface area contributed by atoms with Crippen molar-refractivity contribution in [3.63, 3.8) is 0 Å². The van der Waals surface area contributed by atoms with Gasteiger partial charge in [0.25, 0.3) is 0 Å². The van der Waals surface area contributed by atoms with Crippen LogP contribution in [0.5, 0.6) is 0 Å². The van der Waals surface area contributed by atoms with Gasteiger partial charge in [-0.1, -0.05) is 0 Å². The van der Waals surface area contributed by atoms with Gasteiger partial charge in [0.1, 0.15) is 5.82 Å². The van der Waals surface area contributed by atoms with E-state index in [2.05, 4.69) is 6.07 Å². The Hall–Kier alpha value is -0.890. The zero-order valence-electron chi connectivity index (χ0n) is 7.94. The lowest BCUT2D eigenvalue weighted by Crippen LogP contribution is -1.86. The summed E-state index contributed by atoms with van der Waals surface area (Å²) in [7, 11) is 0. The number of thiophene rings is 1. The summed E-state index contributed by atoms with van der Waals surface area (Å²) in [4.78, 5) is 1.17. The van der Waals surface area contributed by atoms with Gasteiger partial charge in [0.15, 0.2) is 0 Å². The summed E-state index contributed by atoms with van der Waals surface area (Å²) in [5.74, 6) is -0.0562. The van der Waals surface area contributed by atoms with Crippen LogP contribution in [0.15, 0.2) is 12.1 Å². The number of halogens is 1. The second-order valence-electron chi connectivity index (χ2n) is 3.40. The van der Waals surface area contributed by atoms with Crippen molar-refractivity contribution in [3.05, 3.63) is 34.0 Å². The van der Waals surface area contributed by atoms with Crippen molar-refractivity contribution >= 4 is 21.4 Å². The number of benzene rings is 1.